The number of ether oxygens (including phenoxy) is 1. The highest BCUT2D eigenvalue weighted by Crippen LogP contribution is 2.24. The fourth-order valence-corrected chi connectivity index (χ4v) is 2.38. The van der Waals surface area contributed by atoms with Crippen LogP contribution in [0.15, 0.2) is 41.8 Å². The summed E-state index contributed by atoms with van der Waals surface area (Å²) in [4.78, 5) is 13.0. The van der Waals surface area contributed by atoms with E-state index < -0.39 is 0 Å². The van der Waals surface area contributed by atoms with E-state index in [-0.39, 0.29) is 5.91 Å². The van der Waals surface area contributed by atoms with Gasteiger partial charge in [0, 0.05) is 4.88 Å². The van der Waals surface area contributed by atoms with E-state index in [4.69, 9.17) is 4.74 Å². The first-order chi connectivity index (χ1) is 9.29. The first-order valence-corrected chi connectivity index (χ1v) is 7.21. The van der Waals surface area contributed by atoms with Crippen LogP contribution in [0.3, 0.4) is 0 Å². The number of nitrogens with one attached hydrogen (secondary N) is 1. The van der Waals surface area contributed by atoms with Crippen molar-refractivity contribution in [2.75, 3.05) is 11.9 Å². The summed E-state index contributed by atoms with van der Waals surface area (Å²) in [5, 5.41) is 4.87. The van der Waals surface area contributed by atoms with E-state index in [0.717, 1.165) is 22.7 Å². The lowest BCUT2D eigenvalue weighted by Gasteiger charge is -2.11. The van der Waals surface area contributed by atoms with Crippen molar-refractivity contribution in [2.24, 2.45) is 0 Å². The summed E-state index contributed by atoms with van der Waals surface area (Å²) in [6, 6.07) is 11.4. The Balaban J connectivity index is 1.99. The maximum Gasteiger partial charge on any atom is 0.229 e. The fourth-order valence-electron chi connectivity index (χ4n) is 1.67. The van der Waals surface area contributed by atoms with Gasteiger partial charge in [0.1, 0.15) is 5.75 Å². The normalized spacial score (nSPS) is 10.2. The Bertz CT molecular complexity index is 523. The second-order valence-corrected chi connectivity index (χ2v) is 5.18. The Hall–Kier alpha value is -1.81. The van der Waals surface area contributed by atoms with E-state index >= 15 is 0 Å². The van der Waals surface area contributed by atoms with Crippen LogP contribution in [0.4, 0.5) is 5.69 Å². The van der Waals surface area contributed by atoms with E-state index in [2.05, 4.69) is 12.2 Å². The van der Waals surface area contributed by atoms with Gasteiger partial charge in [-0.25, -0.2) is 0 Å². The van der Waals surface area contributed by atoms with E-state index in [1.54, 1.807) is 11.3 Å². The van der Waals surface area contributed by atoms with Gasteiger partial charge < -0.3 is 10.1 Å². The SMILES string of the molecule is CCCOc1ccccc1NC(=O)Cc1cccs1. The second-order valence-electron chi connectivity index (χ2n) is 4.15. The molecule has 3 nitrogen and oxygen atoms in total. The van der Waals surface area contributed by atoms with Crippen molar-refractivity contribution >= 4 is 22.9 Å². The number of thiophene rings is 1. The van der Waals surface area contributed by atoms with Crippen molar-refractivity contribution in [2.45, 2.75) is 19.8 Å². The summed E-state index contributed by atoms with van der Waals surface area (Å²) in [5.74, 6) is 0.707. The minimum absolute atomic E-state index is 0.0185. The lowest BCUT2D eigenvalue weighted by atomic mass is 10.2. The number of amides is 1. The van der Waals surface area contributed by atoms with Crippen molar-refractivity contribution in [1.82, 2.24) is 0 Å². The molecule has 0 unspecified atom stereocenters. The minimum Gasteiger partial charge on any atom is -0.491 e. The van der Waals surface area contributed by atoms with Gasteiger partial charge >= 0.3 is 0 Å². The number of benzene rings is 1. The van der Waals surface area contributed by atoms with E-state index in [1.807, 2.05) is 41.8 Å². The average Bonchev–Trinajstić information content (AvgIpc) is 2.90. The van der Waals surface area contributed by atoms with Gasteiger partial charge in [-0.15, -0.1) is 11.3 Å². The number of anilines is 1. The van der Waals surface area contributed by atoms with Crippen molar-refractivity contribution < 1.29 is 9.53 Å². The summed E-state index contributed by atoms with van der Waals surface area (Å²) in [5.41, 5.74) is 0.734. The van der Waals surface area contributed by atoms with Gasteiger partial charge in [-0.1, -0.05) is 25.1 Å². The third kappa shape index (κ3) is 4.10. The molecule has 0 atom stereocenters. The van der Waals surface area contributed by atoms with E-state index in [0.29, 0.717) is 13.0 Å². The zero-order valence-electron chi connectivity index (χ0n) is 10.9. The van der Waals surface area contributed by atoms with Crippen molar-refractivity contribution in [1.29, 1.82) is 0 Å². The van der Waals surface area contributed by atoms with Crippen LogP contribution in [-0.4, -0.2) is 12.5 Å². The summed E-state index contributed by atoms with van der Waals surface area (Å²) >= 11 is 1.59. The van der Waals surface area contributed by atoms with Crippen LogP contribution in [0, 0.1) is 0 Å². The van der Waals surface area contributed by atoms with Gasteiger partial charge in [-0.3, -0.25) is 4.79 Å². The molecule has 19 heavy (non-hydrogen) atoms. The fraction of sp³-hybridized carbons (Fsp3) is 0.267. The molecule has 1 heterocycles. The molecule has 0 saturated carbocycles. The molecule has 0 spiro atoms. The Morgan fingerprint density at radius 1 is 1.26 bits per heavy atom. The maximum atomic E-state index is 11.9. The standard InChI is InChI=1S/C15H17NO2S/c1-2-9-18-14-8-4-3-7-13(14)16-15(17)11-12-6-5-10-19-12/h3-8,10H,2,9,11H2,1H3,(H,16,17). The molecule has 0 bridgehead atoms. The van der Waals surface area contributed by atoms with Crippen LogP contribution >= 0.6 is 11.3 Å². The molecule has 1 amide bonds. The van der Waals surface area contributed by atoms with Crippen LogP contribution in [-0.2, 0) is 11.2 Å². The smallest absolute Gasteiger partial charge is 0.229 e. The zero-order chi connectivity index (χ0) is 13.5. The molecule has 4 heteroatoms. The van der Waals surface area contributed by atoms with Crippen molar-refractivity contribution in [3.63, 3.8) is 0 Å². The number of rotatable bonds is 6. The van der Waals surface area contributed by atoms with Crippen LogP contribution < -0.4 is 10.1 Å². The quantitative estimate of drug-likeness (QED) is 0.872. The van der Waals surface area contributed by atoms with Crippen molar-refractivity contribution in [3.05, 3.63) is 46.7 Å². The van der Waals surface area contributed by atoms with E-state index in [9.17, 15) is 4.79 Å². The average molecular weight is 275 g/mol. The van der Waals surface area contributed by atoms with Crippen LogP contribution in [0.1, 0.15) is 18.2 Å². The van der Waals surface area contributed by atoms with Crippen LogP contribution in [0.25, 0.3) is 0 Å². The van der Waals surface area contributed by atoms with Crippen molar-refractivity contribution in [3.8, 4) is 5.75 Å². The van der Waals surface area contributed by atoms with Gasteiger partial charge in [0.15, 0.2) is 0 Å². The number of hydrogen-bond acceptors (Lipinski definition) is 3. The molecular formula is C15H17NO2S. The highest BCUT2D eigenvalue weighted by molar-refractivity contribution is 7.10. The predicted octanol–water partition coefficient (Wildman–Crippen LogP) is 3.72. The molecule has 1 aromatic carbocycles. The molecule has 100 valence electrons. The van der Waals surface area contributed by atoms with E-state index in [1.165, 1.54) is 0 Å². The summed E-state index contributed by atoms with van der Waals surface area (Å²) in [6.45, 7) is 2.70. The summed E-state index contributed by atoms with van der Waals surface area (Å²) in [7, 11) is 0. The molecule has 1 aromatic heterocycles. The Morgan fingerprint density at radius 2 is 2.11 bits per heavy atom. The molecule has 2 rings (SSSR count). The highest BCUT2D eigenvalue weighted by Gasteiger charge is 2.08. The number of carbonyl (C=O) groups is 1. The van der Waals surface area contributed by atoms with Gasteiger partial charge in [-0.2, -0.15) is 0 Å². The zero-order valence-corrected chi connectivity index (χ0v) is 11.7. The predicted molar refractivity (Wildman–Crippen MR) is 78.9 cm³/mol. The molecule has 2 aromatic rings. The van der Waals surface area contributed by atoms with Gasteiger partial charge in [0.05, 0.1) is 18.7 Å². The lowest BCUT2D eigenvalue weighted by molar-refractivity contribution is -0.115. The molecule has 0 aliphatic heterocycles. The number of carbonyl (C=O) groups excluding carboxylic acids is 1. The molecule has 0 aliphatic carbocycles. The topological polar surface area (TPSA) is 38.3 Å². The number of hydrogen-bond donors (Lipinski definition) is 1. The van der Waals surface area contributed by atoms with Gasteiger partial charge in [-0.05, 0) is 30.0 Å². The third-order valence-electron chi connectivity index (χ3n) is 2.54. The highest BCUT2D eigenvalue weighted by atomic mass is 32.1. The Morgan fingerprint density at radius 3 is 2.84 bits per heavy atom. The third-order valence-corrected chi connectivity index (χ3v) is 3.41. The summed E-state index contributed by atoms with van der Waals surface area (Å²) < 4.78 is 5.61. The van der Waals surface area contributed by atoms with Crippen LogP contribution in [0.2, 0.25) is 0 Å². The van der Waals surface area contributed by atoms with Crippen LogP contribution in [0.5, 0.6) is 5.75 Å². The summed E-state index contributed by atoms with van der Waals surface area (Å²) in [6.07, 6.45) is 1.34. The molecular weight excluding hydrogens is 258 g/mol. The first kappa shape index (κ1) is 13.6. The molecule has 0 saturated heterocycles. The number of para-hydroxylation sites is 2. The Kier molecular flexibility index (Phi) is 4.98. The largest absolute Gasteiger partial charge is 0.491 e. The first-order valence-electron chi connectivity index (χ1n) is 6.33. The maximum absolute atomic E-state index is 11.9. The minimum atomic E-state index is -0.0185. The molecule has 0 aliphatic rings. The monoisotopic (exact) mass is 275 g/mol. The molecule has 0 radical (unpaired) electrons. The molecule has 0 fully saturated rings. The van der Waals surface area contributed by atoms with Gasteiger partial charge in [0.2, 0.25) is 5.91 Å². The lowest BCUT2D eigenvalue weighted by Crippen LogP contribution is -2.14. The van der Waals surface area contributed by atoms with Gasteiger partial charge in [0.25, 0.3) is 0 Å². The Labute approximate surface area is 117 Å². The molecule has 1 N–H and O–H groups in total. The second kappa shape index (κ2) is 6.95.